The lowest BCUT2D eigenvalue weighted by Gasteiger charge is -2.30. The Morgan fingerprint density at radius 1 is 1.32 bits per heavy atom. The van der Waals surface area contributed by atoms with E-state index in [1.807, 2.05) is 19.9 Å². The fourth-order valence-corrected chi connectivity index (χ4v) is 3.95. The topological polar surface area (TPSA) is 9.23 Å². The molecule has 0 aliphatic heterocycles. The number of ether oxygens (including phenoxy) is 1. The van der Waals surface area contributed by atoms with Gasteiger partial charge in [0.1, 0.15) is 5.82 Å². The number of benzene rings is 1. The van der Waals surface area contributed by atoms with E-state index < -0.39 is 0 Å². The van der Waals surface area contributed by atoms with Crippen LogP contribution in [0, 0.1) is 16.3 Å². The summed E-state index contributed by atoms with van der Waals surface area (Å²) >= 11 is 2.32. The highest BCUT2D eigenvalue weighted by Crippen LogP contribution is 2.38. The second-order valence-corrected chi connectivity index (χ2v) is 6.52. The molecule has 0 radical (unpaired) electrons. The van der Waals surface area contributed by atoms with Gasteiger partial charge in [0, 0.05) is 3.57 Å². The molecule has 0 aromatic heterocycles. The number of allylic oxidation sites excluding steroid dienone is 1. The molecule has 0 atom stereocenters. The Morgan fingerprint density at radius 2 is 1.95 bits per heavy atom. The molecule has 0 heterocycles. The Bertz CT molecular complexity index is 476. The molecule has 1 aromatic carbocycles. The van der Waals surface area contributed by atoms with Crippen LogP contribution in [0.5, 0.6) is 0 Å². The zero-order valence-corrected chi connectivity index (χ0v) is 13.7. The van der Waals surface area contributed by atoms with Gasteiger partial charge in [0.15, 0.2) is 0 Å². The predicted molar refractivity (Wildman–Crippen MR) is 84.8 cm³/mol. The SMILES string of the molecule is C=C(C)OC1CCC(c2c(I)ccc(F)c2C)CC1. The molecule has 1 nitrogen and oxygen atoms in total. The number of hydrogen-bond acceptors (Lipinski definition) is 1. The van der Waals surface area contributed by atoms with Crippen LogP contribution >= 0.6 is 22.6 Å². The predicted octanol–water partition coefficient (Wildman–Crippen LogP) is 5.32. The van der Waals surface area contributed by atoms with E-state index in [0.29, 0.717) is 12.0 Å². The molecule has 0 saturated heterocycles. The summed E-state index contributed by atoms with van der Waals surface area (Å²) in [6, 6.07) is 3.45. The molecule has 1 aromatic rings. The van der Waals surface area contributed by atoms with E-state index >= 15 is 0 Å². The van der Waals surface area contributed by atoms with E-state index in [1.54, 1.807) is 6.07 Å². The zero-order valence-electron chi connectivity index (χ0n) is 11.5. The second kappa shape index (κ2) is 6.25. The summed E-state index contributed by atoms with van der Waals surface area (Å²) in [5.41, 5.74) is 2.02. The summed E-state index contributed by atoms with van der Waals surface area (Å²) in [5, 5.41) is 0. The molecule has 0 unspecified atom stereocenters. The van der Waals surface area contributed by atoms with Gasteiger partial charge in [0.05, 0.1) is 11.9 Å². The van der Waals surface area contributed by atoms with Gasteiger partial charge in [-0.2, -0.15) is 0 Å². The number of halogens is 2. The fraction of sp³-hybridized carbons (Fsp3) is 0.500. The van der Waals surface area contributed by atoms with Crippen LogP contribution in [0.3, 0.4) is 0 Å². The lowest BCUT2D eigenvalue weighted by Crippen LogP contribution is -2.21. The van der Waals surface area contributed by atoms with Crippen LogP contribution in [0.15, 0.2) is 24.5 Å². The van der Waals surface area contributed by atoms with Crippen LogP contribution in [0.1, 0.15) is 49.7 Å². The third-order valence-corrected chi connectivity index (χ3v) is 4.79. The van der Waals surface area contributed by atoms with Gasteiger partial charge >= 0.3 is 0 Å². The van der Waals surface area contributed by atoms with Gasteiger partial charge in [-0.1, -0.05) is 6.58 Å². The summed E-state index contributed by atoms with van der Waals surface area (Å²) in [6.45, 7) is 7.58. The van der Waals surface area contributed by atoms with Crippen molar-refractivity contribution in [3.05, 3.63) is 45.0 Å². The maximum atomic E-state index is 13.7. The smallest absolute Gasteiger partial charge is 0.126 e. The first-order valence-corrected chi connectivity index (χ1v) is 7.83. The Labute approximate surface area is 128 Å². The van der Waals surface area contributed by atoms with Gasteiger partial charge in [0.25, 0.3) is 0 Å². The Kier molecular flexibility index (Phi) is 4.87. The first kappa shape index (κ1) is 14.8. The maximum absolute atomic E-state index is 13.7. The van der Waals surface area contributed by atoms with Crippen molar-refractivity contribution in [1.82, 2.24) is 0 Å². The molecule has 1 aliphatic carbocycles. The third kappa shape index (κ3) is 3.50. The van der Waals surface area contributed by atoms with Crippen LogP contribution in [0.25, 0.3) is 0 Å². The van der Waals surface area contributed by atoms with Gasteiger partial charge in [-0.25, -0.2) is 4.39 Å². The Morgan fingerprint density at radius 3 is 2.53 bits per heavy atom. The first-order valence-electron chi connectivity index (χ1n) is 6.75. The molecule has 0 spiro atoms. The van der Waals surface area contributed by atoms with E-state index in [1.165, 1.54) is 9.13 Å². The average molecular weight is 374 g/mol. The molecule has 1 saturated carbocycles. The lowest BCUT2D eigenvalue weighted by atomic mass is 9.81. The molecule has 1 aliphatic rings. The number of rotatable bonds is 3. The van der Waals surface area contributed by atoms with Crippen molar-refractivity contribution in [2.45, 2.75) is 51.6 Å². The summed E-state index contributed by atoms with van der Waals surface area (Å²) in [7, 11) is 0. The third-order valence-electron chi connectivity index (χ3n) is 3.85. The van der Waals surface area contributed by atoms with Gasteiger partial charge < -0.3 is 4.74 Å². The van der Waals surface area contributed by atoms with Crippen LogP contribution in [0.2, 0.25) is 0 Å². The van der Waals surface area contributed by atoms with Crippen molar-refractivity contribution >= 4 is 22.6 Å². The van der Waals surface area contributed by atoms with Gasteiger partial charge in [0.2, 0.25) is 0 Å². The van der Waals surface area contributed by atoms with Gasteiger partial charge in [-0.05, 0) is 91.3 Å². The maximum Gasteiger partial charge on any atom is 0.126 e. The molecular weight excluding hydrogens is 354 g/mol. The molecule has 0 bridgehead atoms. The minimum atomic E-state index is -0.0873. The van der Waals surface area contributed by atoms with E-state index in [2.05, 4.69) is 29.2 Å². The molecular formula is C16H20FIO. The van der Waals surface area contributed by atoms with Crippen molar-refractivity contribution in [3.63, 3.8) is 0 Å². The summed E-state index contributed by atoms with van der Waals surface area (Å²) < 4.78 is 20.6. The fourth-order valence-electron chi connectivity index (χ4n) is 2.92. The molecule has 2 rings (SSSR count). The highest BCUT2D eigenvalue weighted by molar-refractivity contribution is 14.1. The van der Waals surface area contributed by atoms with Crippen LogP contribution in [0.4, 0.5) is 4.39 Å². The summed E-state index contributed by atoms with van der Waals surface area (Å²) in [4.78, 5) is 0. The lowest BCUT2D eigenvalue weighted by molar-refractivity contribution is 0.0789. The Hall–Kier alpha value is -0.580. The zero-order chi connectivity index (χ0) is 14.0. The molecule has 0 amide bonds. The van der Waals surface area contributed by atoms with E-state index in [-0.39, 0.29) is 5.82 Å². The van der Waals surface area contributed by atoms with Crippen molar-refractivity contribution < 1.29 is 9.13 Å². The second-order valence-electron chi connectivity index (χ2n) is 5.36. The quantitative estimate of drug-likeness (QED) is 0.514. The minimum Gasteiger partial charge on any atom is -0.496 e. The van der Waals surface area contributed by atoms with Gasteiger partial charge in [-0.3, -0.25) is 0 Å². The molecule has 104 valence electrons. The molecule has 1 fully saturated rings. The molecule has 19 heavy (non-hydrogen) atoms. The normalized spacial score (nSPS) is 23.2. The van der Waals surface area contributed by atoms with Crippen molar-refractivity contribution in [1.29, 1.82) is 0 Å². The van der Waals surface area contributed by atoms with E-state index in [4.69, 9.17) is 4.74 Å². The van der Waals surface area contributed by atoms with E-state index in [9.17, 15) is 4.39 Å². The summed E-state index contributed by atoms with van der Waals surface area (Å²) in [6.07, 6.45) is 4.49. The number of hydrogen-bond donors (Lipinski definition) is 0. The van der Waals surface area contributed by atoms with Gasteiger partial charge in [-0.15, -0.1) is 0 Å². The first-order chi connectivity index (χ1) is 8.99. The highest BCUT2D eigenvalue weighted by Gasteiger charge is 2.26. The minimum absolute atomic E-state index is 0.0873. The Balaban J connectivity index is 2.10. The standard InChI is InChI=1S/C16H20FIO/c1-10(2)19-13-6-4-12(5-7-13)16-11(3)14(17)8-9-15(16)18/h8-9,12-13H,1,4-7H2,2-3H3. The van der Waals surface area contributed by atoms with Crippen molar-refractivity contribution in [3.8, 4) is 0 Å². The van der Waals surface area contributed by atoms with Crippen LogP contribution in [-0.4, -0.2) is 6.10 Å². The average Bonchev–Trinajstić information content (AvgIpc) is 2.36. The van der Waals surface area contributed by atoms with Crippen LogP contribution < -0.4 is 0 Å². The highest BCUT2D eigenvalue weighted by atomic mass is 127. The van der Waals surface area contributed by atoms with Crippen molar-refractivity contribution in [2.75, 3.05) is 0 Å². The largest absolute Gasteiger partial charge is 0.496 e. The van der Waals surface area contributed by atoms with Crippen LogP contribution in [-0.2, 0) is 4.74 Å². The van der Waals surface area contributed by atoms with Crippen molar-refractivity contribution in [2.24, 2.45) is 0 Å². The molecule has 0 N–H and O–H groups in total. The monoisotopic (exact) mass is 374 g/mol. The summed E-state index contributed by atoms with van der Waals surface area (Å²) in [5.74, 6) is 1.17. The molecule has 3 heteroatoms. The van der Waals surface area contributed by atoms with E-state index in [0.717, 1.165) is 37.0 Å².